The van der Waals surface area contributed by atoms with Gasteiger partial charge in [-0.3, -0.25) is 9.59 Å². The van der Waals surface area contributed by atoms with Crippen molar-refractivity contribution in [2.24, 2.45) is 33.5 Å². The van der Waals surface area contributed by atoms with Gasteiger partial charge < -0.3 is 18.6 Å². The number of fused-ring (bicyclic) bond motifs is 5. The summed E-state index contributed by atoms with van der Waals surface area (Å²) in [4.78, 5) is 37.4. The average molecular weight is 513 g/mol. The quantitative estimate of drug-likeness (QED) is 0.366. The van der Waals surface area contributed by atoms with Crippen LogP contribution in [0.2, 0.25) is 0 Å². The first-order valence-electron chi connectivity index (χ1n) is 13.5. The molecule has 0 bridgehead atoms. The Hall–Kier alpha value is -2.57. The van der Waals surface area contributed by atoms with Gasteiger partial charge in [0, 0.05) is 41.7 Å². The Kier molecular flexibility index (Phi) is 5.96. The largest absolute Gasteiger partial charge is 0.472 e. The molecule has 202 valence electrons. The van der Waals surface area contributed by atoms with E-state index in [9.17, 15) is 14.4 Å². The highest BCUT2D eigenvalue weighted by atomic mass is 16.6. The molecule has 4 aliphatic rings. The van der Waals surface area contributed by atoms with Crippen LogP contribution in [0.4, 0.5) is 0 Å². The number of rotatable bonds is 3. The summed E-state index contributed by atoms with van der Waals surface area (Å²) in [6.07, 6.45) is 7.98. The monoisotopic (exact) mass is 512 g/mol. The summed E-state index contributed by atoms with van der Waals surface area (Å²) in [5.74, 6) is -0.602. The van der Waals surface area contributed by atoms with Crippen LogP contribution in [0.5, 0.6) is 0 Å². The van der Waals surface area contributed by atoms with Crippen LogP contribution < -0.4 is 0 Å². The van der Waals surface area contributed by atoms with Crippen LogP contribution in [-0.2, 0) is 28.6 Å². The molecule has 0 amide bonds. The Bertz CT molecular complexity index is 1130. The SMILES string of the molecule is CC(=O)O[C@H]1CC[C@@]2(C)C(C[C@@H](OC(C)=O)[C@@]3(C)C4=CC(=O)OC(c5ccoc5)[C@]4(C)CCC23)C1(C)C. The molecule has 8 atom stereocenters. The number of carbonyl (C=O) groups excluding carboxylic acids is 3. The summed E-state index contributed by atoms with van der Waals surface area (Å²) in [6.45, 7) is 14.0. The zero-order valence-electron chi connectivity index (χ0n) is 23.1. The molecule has 5 rings (SSSR count). The zero-order valence-corrected chi connectivity index (χ0v) is 23.1. The summed E-state index contributed by atoms with van der Waals surface area (Å²) in [5, 5.41) is 0. The van der Waals surface area contributed by atoms with Crippen molar-refractivity contribution in [3.8, 4) is 0 Å². The summed E-state index contributed by atoms with van der Waals surface area (Å²) in [5.41, 5.74) is 0.489. The molecule has 0 spiro atoms. The highest BCUT2D eigenvalue weighted by Crippen LogP contribution is 2.73. The minimum Gasteiger partial charge on any atom is -0.472 e. The highest BCUT2D eigenvalue weighted by molar-refractivity contribution is 5.85. The maximum absolute atomic E-state index is 13.0. The van der Waals surface area contributed by atoms with E-state index in [2.05, 4.69) is 34.6 Å². The van der Waals surface area contributed by atoms with Crippen molar-refractivity contribution in [1.82, 2.24) is 0 Å². The molecule has 3 unspecified atom stereocenters. The van der Waals surface area contributed by atoms with Gasteiger partial charge in [-0.25, -0.2) is 4.79 Å². The van der Waals surface area contributed by atoms with Crippen LogP contribution >= 0.6 is 0 Å². The molecule has 2 heterocycles. The molecule has 3 fully saturated rings. The molecule has 37 heavy (non-hydrogen) atoms. The van der Waals surface area contributed by atoms with Crippen LogP contribution in [0.3, 0.4) is 0 Å². The molecule has 3 saturated carbocycles. The lowest BCUT2D eigenvalue weighted by Gasteiger charge is -2.69. The number of hydrogen-bond acceptors (Lipinski definition) is 7. The fraction of sp³-hybridized carbons (Fsp3) is 0.700. The van der Waals surface area contributed by atoms with E-state index in [0.29, 0.717) is 6.42 Å². The number of hydrogen-bond donors (Lipinski definition) is 0. The molecule has 1 aromatic heterocycles. The van der Waals surface area contributed by atoms with Gasteiger partial charge >= 0.3 is 17.9 Å². The number of furan rings is 1. The van der Waals surface area contributed by atoms with E-state index in [4.69, 9.17) is 18.6 Å². The second-order valence-corrected chi connectivity index (χ2v) is 13.1. The van der Waals surface area contributed by atoms with Crippen LogP contribution in [0, 0.1) is 33.5 Å². The first-order chi connectivity index (χ1) is 17.2. The third-order valence-electron chi connectivity index (χ3n) is 10.8. The molecule has 1 aliphatic heterocycles. The lowest BCUT2D eigenvalue weighted by atomic mass is 9.36. The Balaban J connectivity index is 1.63. The Morgan fingerprint density at radius 1 is 0.946 bits per heavy atom. The maximum Gasteiger partial charge on any atom is 0.331 e. The molecule has 0 N–H and O–H groups in total. The van der Waals surface area contributed by atoms with Crippen molar-refractivity contribution in [2.45, 2.75) is 98.9 Å². The molecular formula is C30H40O7. The van der Waals surface area contributed by atoms with Gasteiger partial charge in [-0.2, -0.15) is 0 Å². The van der Waals surface area contributed by atoms with Crippen molar-refractivity contribution in [2.75, 3.05) is 0 Å². The van der Waals surface area contributed by atoms with Gasteiger partial charge in [-0.1, -0.05) is 34.6 Å². The zero-order chi connectivity index (χ0) is 27.0. The van der Waals surface area contributed by atoms with E-state index in [0.717, 1.165) is 36.8 Å². The number of ether oxygens (including phenoxy) is 3. The third kappa shape index (κ3) is 3.70. The summed E-state index contributed by atoms with van der Waals surface area (Å²) in [6, 6.07) is 1.86. The van der Waals surface area contributed by atoms with Crippen LogP contribution in [0.25, 0.3) is 0 Å². The summed E-state index contributed by atoms with van der Waals surface area (Å²) >= 11 is 0. The highest BCUT2D eigenvalue weighted by Gasteiger charge is 2.70. The van der Waals surface area contributed by atoms with Crippen LogP contribution in [-0.4, -0.2) is 30.1 Å². The Labute approximate surface area is 219 Å². The third-order valence-corrected chi connectivity index (χ3v) is 10.8. The molecule has 0 saturated heterocycles. The standard InChI is InChI=1S/C30H40O7/c1-17(31)35-23-9-12-28(5)20-8-11-29(6)22(15-25(33)37-26(29)19-10-13-34-16-19)30(20,7)24(36-18(2)32)14-21(28)27(23,3)4/h10,13,15-16,20-21,23-24,26H,8-9,11-12,14H2,1-7H3/t20?,21?,23-,24+,26?,28+,29+,30+/m0/s1. The first-order valence-corrected chi connectivity index (χ1v) is 13.5. The van der Waals surface area contributed by atoms with Gasteiger partial charge in [0.15, 0.2) is 0 Å². The van der Waals surface area contributed by atoms with Crippen molar-refractivity contribution < 1.29 is 33.0 Å². The van der Waals surface area contributed by atoms with Gasteiger partial charge in [-0.15, -0.1) is 0 Å². The van der Waals surface area contributed by atoms with Gasteiger partial charge in [0.1, 0.15) is 18.3 Å². The Morgan fingerprint density at radius 3 is 2.24 bits per heavy atom. The lowest BCUT2D eigenvalue weighted by Crippen LogP contribution is -2.67. The van der Waals surface area contributed by atoms with E-state index < -0.39 is 23.0 Å². The number of esters is 3. The lowest BCUT2D eigenvalue weighted by molar-refractivity contribution is -0.230. The number of carbonyl (C=O) groups is 3. The minimum atomic E-state index is -0.546. The van der Waals surface area contributed by atoms with Crippen LogP contribution in [0.1, 0.15) is 92.2 Å². The summed E-state index contributed by atoms with van der Waals surface area (Å²) in [7, 11) is 0. The van der Waals surface area contributed by atoms with Gasteiger partial charge in [0.05, 0.1) is 12.5 Å². The van der Waals surface area contributed by atoms with Crippen molar-refractivity contribution in [3.63, 3.8) is 0 Å². The van der Waals surface area contributed by atoms with Crippen molar-refractivity contribution in [3.05, 3.63) is 35.8 Å². The van der Waals surface area contributed by atoms with E-state index in [1.807, 2.05) is 6.07 Å². The molecule has 0 aromatic carbocycles. The van der Waals surface area contributed by atoms with Crippen molar-refractivity contribution in [1.29, 1.82) is 0 Å². The van der Waals surface area contributed by atoms with E-state index in [1.165, 1.54) is 13.8 Å². The van der Waals surface area contributed by atoms with Crippen LogP contribution in [0.15, 0.2) is 34.7 Å². The maximum atomic E-state index is 13.0. The van der Waals surface area contributed by atoms with E-state index in [-0.39, 0.29) is 46.7 Å². The normalized spacial score (nSPS) is 42.3. The molecule has 7 heteroatoms. The fourth-order valence-corrected chi connectivity index (χ4v) is 9.24. The second-order valence-electron chi connectivity index (χ2n) is 13.1. The molecule has 7 nitrogen and oxygen atoms in total. The number of cyclic esters (lactones) is 1. The molecule has 1 aromatic rings. The van der Waals surface area contributed by atoms with Gasteiger partial charge in [0.25, 0.3) is 0 Å². The first kappa shape index (κ1) is 26.1. The summed E-state index contributed by atoms with van der Waals surface area (Å²) < 4.78 is 23.3. The van der Waals surface area contributed by atoms with Gasteiger partial charge in [-0.05, 0) is 61.0 Å². The molecule has 0 radical (unpaired) electrons. The minimum absolute atomic E-state index is 0.0831. The van der Waals surface area contributed by atoms with E-state index >= 15 is 0 Å². The predicted octanol–water partition coefficient (Wildman–Crippen LogP) is 5.94. The molecule has 3 aliphatic carbocycles. The predicted molar refractivity (Wildman–Crippen MR) is 135 cm³/mol. The Morgan fingerprint density at radius 2 is 1.62 bits per heavy atom. The fourth-order valence-electron chi connectivity index (χ4n) is 9.24. The topological polar surface area (TPSA) is 92.0 Å². The molecular weight excluding hydrogens is 472 g/mol. The van der Waals surface area contributed by atoms with Gasteiger partial charge in [0.2, 0.25) is 0 Å². The second kappa shape index (κ2) is 8.47. The van der Waals surface area contributed by atoms with E-state index in [1.54, 1.807) is 18.6 Å². The smallest absolute Gasteiger partial charge is 0.331 e. The van der Waals surface area contributed by atoms with Crippen molar-refractivity contribution >= 4 is 17.9 Å². The average Bonchev–Trinajstić information content (AvgIpc) is 3.32.